The van der Waals surface area contributed by atoms with Crippen molar-refractivity contribution in [1.82, 2.24) is 0 Å². The summed E-state index contributed by atoms with van der Waals surface area (Å²) in [6.07, 6.45) is 0. The van der Waals surface area contributed by atoms with Gasteiger partial charge in [-0.1, -0.05) is 131 Å². The molecule has 0 radical (unpaired) electrons. The molecule has 12 aromatic rings. The van der Waals surface area contributed by atoms with Crippen molar-refractivity contribution in [3.63, 3.8) is 0 Å². The van der Waals surface area contributed by atoms with Gasteiger partial charge in [-0.3, -0.25) is 9.59 Å². The van der Waals surface area contributed by atoms with Gasteiger partial charge in [0, 0.05) is 33.0 Å². The van der Waals surface area contributed by atoms with Crippen LogP contribution in [-0.4, -0.2) is 28.4 Å². The Kier molecular flexibility index (Phi) is 16.6. The molecule has 0 spiro atoms. The Balaban J connectivity index is 0.000000179. The Hall–Kier alpha value is -10.4. The van der Waals surface area contributed by atoms with Crippen LogP contribution in [0.15, 0.2) is 287 Å². The number of hydrogen-bond acceptors (Lipinski definition) is 10. The van der Waals surface area contributed by atoms with Crippen LogP contribution >= 0.6 is 0 Å². The molecule has 0 bridgehead atoms. The molecule has 424 valence electrons. The standard InChI is InChI=1S/C38H28O4.C36H28O6S2/c1-25-3-7-27(8-4-25)37(39)29-11-17-33(18-12-29)41-35-21-15-32-24-36(22-16-31(32)23-35)42-34-19-13-30(14-20-34)38(40)28-9-5-26(2)6-10-28;1-25-9-17-29(18-10-25)43(37,38)31-21-13-27(14-22-31)41-35-7-3-6-34-33(35)5-4-8-36(34)42-28-15-23-32(24-16-28)44(39,40)30-19-11-26(2)12-20-30/h3-24H,1-2H3;3-24H,1-2H3. The molecule has 0 atom stereocenters. The van der Waals surface area contributed by atoms with Crippen LogP contribution in [0.4, 0.5) is 0 Å². The Morgan fingerprint density at radius 3 is 0.826 bits per heavy atom. The Labute approximate surface area is 500 Å². The van der Waals surface area contributed by atoms with Crippen LogP contribution in [0.5, 0.6) is 46.0 Å². The lowest BCUT2D eigenvalue weighted by Crippen LogP contribution is -2.02. The van der Waals surface area contributed by atoms with E-state index in [2.05, 4.69) is 0 Å². The first kappa shape index (κ1) is 57.4. The number of fused-ring (bicyclic) bond motifs is 2. The summed E-state index contributed by atoms with van der Waals surface area (Å²) in [7, 11) is -7.30. The molecular weight excluding hydrogens is 1110 g/mol. The van der Waals surface area contributed by atoms with E-state index in [-0.39, 0.29) is 31.1 Å². The number of ketones is 2. The van der Waals surface area contributed by atoms with Crippen molar-refractivity contribution >= 4 is 52.8 Å². The molecule has 0 amide bonds. The fraction of sp³-hybridized carbons (Fsp3) is 0.0541. The minimum atomic E-state index is -3.65. The van der Waals surface area contributed by atoms with E-state index in [0.717, 1.165) is 43.8 Å². The summed E-state index contributed by atoms with van der Waals surface area (Å²) in [5, 5.41) is 3.59. The SMILES string of the molecule is Cc1ccc(C(=O)c2ccc(Oc3ccc4cc(Oc5ccc(C(=O)c6ccc(C)cc6)cc5)ccc4c3)cc2)cc1.Cc1ccc(S(=O)(=O)c2ccc(Oc3cccc4c(Oc5ccc(S(=O)(=O)c6ccc(C)cc6)cc5)cccc34)cc2)cc1. The van der Waals surface area contributed by atoms with E-state index >= 15 is 0 Å². The molecule has 0 aromatic heterocycles. The molecule has 0 unspecified atom stereocenters. The van der Waals surface area contributed by atoms with Gasteiger partial charge in [-0.25, -0.2) is 16.8 Å². The first-order chi connectivity index (χ1) is 41.5. The molecular formula is C74H56O10S2. The Morgan fingerprint density at radius 1 is 0.267 bits per heavy atom. The fourth-order valence-electron chi connectivity index (χ4n) is 9.46. The van der Waals surface area contributed by atoms with Crippen molar-refractivity contribution in [3.8, 4) is 46.0 Å². The quantitative estimate of drug-likeness (QED) is 0.0859. The summed E-state index contributed by atoms with van der Waals surface area (Å²) in [4.78, 5) is 26.3. The number of rotatable bonds is 16. The molecule has 12 aromatic carbocycles. The van der Waals surface area contributed by atoms with Gasteiger partial charge in [0.25, 0.3) is 0 Å². The van der Waals surface area contributed by atoms with Crippen molar-refractivity contribution in [2.24, 2.45) is 0 Å². The first-order valence-electron chi connectivity index (χ1n) is 27.6. The van der Waals surface area contributed by atoms with Crippen LogP contribution < -0.4 is 18.9 Å². The molecule has 0 fully saturated rings. The highest BCUT2D eigenvalue weighted by atomic mass is 32.2. The highest BCUT2D eigenvalue weighted by molar-refractivity contribution is 7.91. The summed E-state index contributed by atoms with van der Waals surface area (Å²) in [5.74, 6) is 4.77. The smallest absolute Gasteiger partial charge is 0.206 e. The van der Waals surface area contributed by atoms with Gasteiger partial charge in [-0.2, -0.15) is 0 Å². The van der Waals surface area contributed by atoms with Gasteiger partial charge in [0.1, 0.15) is 46.0 Å². The van der Waals surface area contributed by atoms with Crippen molar-refractivity contribution in [2.45, 2.75) is 47.3 Å². The van der Waals surface area contributed by atoms with Crippen LogP contribution in [-0.2, 0) is 19.7 Å². The molecule has 12 rings (SSSR count). The molecule has 0 heterocycles. The third-order valence-electron chi connectivity index (χ3n) is 14.3. The zero-order chi connectivity index (χ0) is 60.0. The number of hydrogen-bond donors (Lipinski definition) is 0. The van der Waals surface area contributed by atoms with E-state index in [0.29, 0.717) is 68.2 Å². The normalized spacial score (nSPS) is 11.3. The van der Waals surface area contributed by atoms with Crippen molar-refractivity contribution in [3.05, 3.63) is 311 Å². The number of carbonyl (C=O) groups excluding carboxylic acids is 2. The maximum Gasteiger partial charge on any atom is 0.206 e. The monoisotopic (exact) mass is 1170 g/mol. The predicted molar refractivity (Wildman–Crippen MR) is 336 cm³/mol. The molecule has 86 heavy (non-hydrogen) atoms. The van der Waals surface area contributed by atoms with E-state index in [9.17, 15) is 26.4 Å². The minimum Gasteiger partial charge on any atom is -0.457 e. The summed E-state index contributed by atoms with van der Waals surface area (Å²) < 4.78 is 76.6. The van der Waals surface area contributed by atoms with Gasteiger partial charge in [0.05, 0.1) is 19.6 Å². The third kappa shape index (κ3) is 13.2. The van der Waals surface area contributed by atoms with E-state index in [1.165, 1.54) is 24.3 Å². The van der Waals surface area contributed by atoms with Gasteiger partial charge < -0.3 is 18.9 Å². The molecule has 0 aliphatic heterocycles. The number of benzene rings is 12. The zero-order valence-corrected chi connectivity index (χ0v) is 48.9. The average Bonchev–Trinajstić information content (AvgIpc) is 3.70. The lowest BCUT2D eigenvalue weighted by atomic mass is 10.0. The second-order valence-electron chi connectivity index (χ2n) is 20.7. The molecule has 0 aliphatic rings. The second-order valence-corrected chi connectivity index (χ2v) is 24.6. The Morgan fingerprint density at radius 2 is 0.512 bits per heavy atom. The van der Waals surface area contributed by atoms with E-state index in [1.54, 1.807) is 97.1 Å². The summed E-state index contributed by atoms with van der Waals surface area (Å²) in [6, 6.07) is 78.6. The van der Waals surface area contributed by atoms with Crippen LogP contribution in [0.1, 0.15) is 54.1 Å². The fourth-order valence-corrected chi connectivity index (χ4v) is 12.0. The van der Waals surface area contributed by atoms with Gasteiger partial charge >= 0.3 is 0 Å². The van der Waals surface area contributed by atoms with Crippen molar-refractivity contribution in [2.75, 3.05) is 0 Å². The van der Waals surface area contributed by atoms with Gasteiger partial charge in [0.2, 0.25) is 19.7 Å². The first-order valence-corrected chi connectivity index (χ1v) is 30.5. The largest absolute Gasteiger partial charge is 0.457 e. The number of sulfone groups is 2. The van der Waals surface area contributed by atoms with E-state index in [4.69, 9.17) is 18.9 Å². The number of ether oxygens (including phenoxy) is 4. The van der Waals surface area contributed by atoms with Crippen molar-refractivity contribution in [1.29, 1.82) is 0 Å². The molecule has 12 heteroatoms. The van der Waals surface area contributed by atoms with Crippen LogP contribution in [0.3, 0.4) is 0 Å². The lowest BCUT2D eigenvalue weighted by molar-refractivity contribution is 0.103. The minimum absolute atomic E-state index is 0.0167. The summed E-state index contributed by atoms with van der Waals surface area (Å²) >= 11 is 0. The molecule has 10 nitrogen and oxygen atoms in total. The van der Waals surface area contributed by atoms with E-state index < -0.39 is 19.7 Å². The maximum atomic E-state index is 13.0. The van der Waals surface area contributed by atoms with Crippen molar-refractivity contribution < 1.29 is 45.4 Å². The third-order valence-corrected chi connectivity index (χ3v) is 17.9. The molecule has 0 saturated carbocycles. The zero-order valence-electron chi connectivity index (χ0n) is 47.3. The highest BCUT2D eigenvalue weighted by Gasteiger charge is 2.20. The molecule has 0 N–H and O–H groups in total. The maximum absolute atomic E-state index is 13.0. The topological polar surface area (TPSA) is 139 Å². The average molecular weight is 1170 g/mol. The van der Waals surface area contributed by atoms with Gasteiger partial charge in [0.15, 0.2) is 11.6 Å². The van der Waals surface area contributed by atoms with Gasteiger partial charge in [-0.05, 0) is 196 Å². The predicted octanol–water partition coefficient (Wildman–Crippen LogP) is 18.2. The van der Waals surface area contributed by atoms with Crippen LogP contribution in [0, 0.1) is 27.7 Å². The van der Waals surface area contributed by atoms with Crippen LogP contribution in [0.2, 0.25) is 0 Å². The summed E-state index contributed by atoms with van der Waals surface area (Å²) in [5.41, 5.74) is 6.77. The second kappa shape index (κ2) is 24.8. The lowest BCUT2D eigenvalue weighted by Gasteiger charge is -2.13. The highest BCUT2D eigenvalue weighted by Crippen LogP contribution is 2.38. The van der Waals surface area contributed by atoms with Gasteiger partial charge in [-0.15, -0.1) is 0 Å². The molecule has 0 aliphatic carbocycles. The molecule has 0 saturated heterocycles. The summed E-state index contributed by atoms with van der Waals surface area (Å²) in [6.45, 7) is 7.81. The Bertz CT molecular complexity index is 4360. The number of aryl methyl sites for hydroxylation is 4. The van der Waals surface area contributed by atoms with E-state index in [1.807, 2.05) is 173 Å². The number of carbonyl (C=O) groups is 2. The van der Waals surface area contributed by atoms with Crippen LogP contribution in [0.25, 0.3) is 21.5 Å².